The fraction of sp³-hybridized carbons (Fsp3) is 0.533. The summed E-state index contributed by atoms with van der Waals surface area (Å²) >= 11 is 12.4. The molecule has 0 radical (unpaired) electrons. The van der Waals surface area contributed by atoms with E-state index in [4.69, 9.17) is 23.2 Å². The zero-order chi connectivity index (χ0) is 13.6. The zero-order valence-corrected chi connectivity index (χ0v) is 12.7. The van der Waals surface area contributed by atoms with Gasteiger partial charge in [0.1, 0.15) is 5.82 Å². The lowest BCUT2D eigenvalue weighted by molar-refractivity contribution is 0.428. The van der Waals surface area contributed by atoms with Crippen molar-refractivity contribution in [2.24, 2.45) is 11.8 Å². The first-order valence-corrected chi connectivity index (χ1v) is 7.67. The van der Waals surface area contributed by atoms with E-state index in [2.05, 4.69) is 16.5 Å². The minimum Gasteiger partial charge on any atom is -0.326 e. The largest absolute Gasteiger partial charge is 0.326 e. The maximum atomic E-state index is 6.28. The van der Waals surface area contributed by atoms with Crippen LogP contribution >= 0.6 is 23.2 Å². The van der Waals surface area contributed by atoms with E-state index in [0.29, 0.717) is 5.92 Å². The molecule has 0 N–H and O–H groups in total. The number of rotatable bonds is 4. The van der Waals surface area contributed by atoms with Gasteiger partial charge in [0.15, 0.2) is 0 Å². The number of hydrogen-bond donors (Lipinski definition) is 0. The number of nitrogens with zero attached hydrogens (tertiary/aromatic N) is 2. The van der Waals surface area contributed by atoms with Crippen LogP contribution < -0.4 is 0 Å². The van der Waals surface area contributed by atoms with Crippen molar-refractivity contribution in [3.63, 3.8) is 0 Å². The van der Waals surface area contributed by atoms with Crippen LogP contribution in [0.4, 0.5) is 0 Å². The molecule has 3 rings (SSSR count). The first kappa shape index (κ1) is 13.3. The molecule has 1 fully saturated rings. The molecule has 1 aromatic heterocycles. The van der Waals surface area contributed by atoms with Crippen LogP contribution in [0, 0.1) is 11.8 Å². The Morgan fingerprint density at radius 2 is 2.11 bits per heavy atom. The van der Waals surface area contributed by atoms with E-state index in [0.717, 1.165) is 34.3 Å². The molecule has 0 amide bonds. The van der Waals surface area contributed by atoms with Crippen molar-refractivity contribution < 1.29 is 0 Å². The SMILES string of the molecule is CC(Cl)c1nc2ccc(Cl)cc2n1CC(C)C1CC1. The Balaban J connectivity index is 2.06. The molecule has 1 aliphatic rings. The van der Waals surface area contributed by atoms with Gasteiger partial charge in [-0.15, -0.1) is 11.6 Å². The third kappa shape index (κ3) is 2.61. The molecule has 0 aliphatic heterocycles. The van der Waals surface area contributed by atoms with Crippen LogP contribution in [0.3, 0.4) is 0 Å². The standard InChI is InChI=1S/C15H18Cl2N2/c1-9(11-3-4-11)8-19-14-7-12(17)5-6-13(14)18-15(19)10(2)16/h5-7,9-11H,3-4,8H2,1-2H3. The average molecular weight is 297 g/mol. The fourth-order valence-electron chi connectivity index (χ4n) is 2.71. The van der Waals surface area contributed by atoms with Crippen molar-refractivity contribution >= 4 is 34.2 Å². The van der Waals surface area contributed by atoms with Gasteiger partial charge >= 0.3 is 0 Å². The third-order valence-electron chi connectivity index (χ3n) is 3.99. The first-order chi connectivity index (χ1) is 9.06. The minimum atomic E-state index is -0.0856. The number of imidazole rings is 1. The lowest BCUT2D eigenvalue weighted by Crippen LogP contribution is -2.12. The Bertz CT molecular complexity index is 599. The molecule has 2 aromatic rings. The summed E-state index contributed by atoms with van der Waals surface area (Å²) in [6.45, 7) is 5.27. The second-order valence-corrected chi connectivity index (χ2v) is 6.74. The molecular formula is C15H18Cl2N2. The van der Waals surface area contributed by atoms with Crippen LogP contribution in [-0.4, -0.2) is 9.55 Å². The van der Waals surface area contributed by atoms with E-state index < -0.39 is 0 Å². The molecule has 102 valence electrons. The van der Waals surface area contributed by atoms with Gasteiger partial charge in [0.2, 0.25) is 0 Å². The lowest BCUT2D eigenvalue weighted by atomic mass is 10.1. The van der Waals surface area contributed by atoms with Gasteiger partial charge in [0, 0.05) is 11.6 Å². The second kappa shape index (κ2) is 4.99. The highest BCUT2D eigenvalue weighted by Crippen LogP contribution is 2.38. The molecular weight excluding hydrogens is 279 g/mol. The summed E-state index contributed by atoms with van der Waals surface area (Å²) in [5.74, 6) is 2.49. The average Bonchev–Trinajstić information content (AvgIpc) is 3.14. The van der Waals surface area contributed by atoms with Crippen molar-refractivity contribution in [3.05, 3.63) is 29.0 Å². The van der Waals surface area contributed by atoms with Gasteiger partial charge in [0.25, 0.3) is 0 Å². The molecule has 1 saturated carbocycles. The first-order valence-electron chi connectivity index (χ1n) is 6.86. The normalized spacial score (nSPS) is 18.7. The second-order valence-electron chi connectivity index (χ2n) is 5.64. The predicted molar refractivity (Wildman–Crippen MR) is 80.9 cm³/mol. The Morgan fingerprint density at radius 3 is 2.74 bits per heavy atom. The molecule has 0 spiro atoms. The third-order valence-corrected chi connectivity index (χ3v) is 4.42. The number of aromatic nitrogens is 2. The summed E-state index contributed by atoms with van der Waals surface area (Å²) in [4.78, 5) is 4.66. The summed E-state index contributed by atoms with van der Waals surface area (Å²) in [7, 11) is 0. The maximum Gasteiger partial charge on any atom is 0.127 e. The Labute approximate surface area is 123 Å². The van der Waals surface area contributed by atoms with E-state index in [9.17, 15) is 0 Å². The predicted octanol–water partition coefficient (Wildman–Crippen LogP) is 5.04. The molecule has 0 saturated heterocycles. The highest BCUT2D eigenvalue weighted by atomic mass is 35.5. The number of halogens is 2. The van der Waals surface area contributed by atoms with E-state index >= 15 is 0 Å². The van der Waals surface area contributed by atoms with Crippen molar-refractivity contribution in [1.82, 2.24) is 9.55 Å². The highest BCUT2D eigenvalue weighted by molar-refractivity contribution is 6.31. The van der Waals surface area contributed by atoms with E-state index in [1.807, 2.05) is 25.1 Å². The van der Waals surface area contributed by atoms with Gasteiger partial charge in [-0.25, -0.2) is 4.98 Å². The van der Waals surface area contributed by atoms with Gasteiger partial charge < -0.3 is 4.57 Å². The van der Waals surface area contributed by atoms with Crippen molar-refractivity contribution in [3.8, 4) is 0 Å². The molecule has 1 aromatic carbocycles. The molecule has 0 bridgehead atoms. The van der Waals surface area contributed by atoms with Gasteiger partial charge in [-0.3, -0.25) is 0 Å². The Morgan fingerprint density at radius 1 is 1.37 bits per heavy atom. The summed E-state index contributed by atoms with van der Waals surface area (Å²) < 4.78 is 2.25. The monoisotopic (exact) mass is 296 g/mol. The number of fused-ring (bicyclic) bond motifs is 1. The van der Waals surface area contributed by atoms with Crippen LogP contribution in [0.15, 0.2) is 18.2 Å². The summed E-state index contributed by atoms with van der Waals surface area (Å²) in [5, 5.41) is 0.666. The van der Waals surface area contributed by atoms with Crippen LogP contribution in [0.25, 0.3) is 11.0 Å². The van der Waals surface area contributed by atoms with Crippen molar-refractivity contribution in [2.75, 3.05) is 0 Å². The van der Waals surface area contributed by atoms with E-state index in [1.54, 1.807) is 0 Å². The molecule has 2 atom stereocenters. The zero-order valence-electron chi connectivity index (χ0n) is 11.2. The fourth-order valence-corrected chi connectivity index (χ4v) is 3.05. The quantitative estimate of drug-likeness (QED) is 0.723. The Hall–Kier alpha value is -0.730. The summed E-state index contributed by atoms with van der Waals surface area (Å²) in [5.41, 5.74) is 2.08. The number of hydrogen-bond acceptors (Lipinski definition) is 1. The minimum absolute atomic E-state index is 0.0856. The van der Waals surface area contributed by atoms with Gasteiger partial charge in [-0.05, 0) is 49.8 Å². The van der Waals surface area contributed by atoms with Gasteiger partial charge in [-0.2, -0.15) is 0 Å². The molecule has 2 unspecified atom stereocenters. The van der Waals surface area contributed by atoms with E-state index in [1.165, 1.54) is 12.8 Å². The van der Waals surface area contributed by atoms with Crippen LogP contribution in [0.5, 0.6) is 0 Å². The lowest BCUT2D eigenvalue weighted by Gasteiger charge is -2.15. The van der Waals surface area contributed by atoms with E-state index in [-0.39, 0.29) is 5.38 Å². The van der Waals surface area contributed by atoms with Crippen LogP contribution in [-0.2, 0) is 6.54 Å². The molecule has 1 aliphatic carbocycles. The van der Waals surface area contributed by atoms with Crippen molar-refractivity contribution in [1.29, 1.82) is 0 Å². The Kier molecular flexibility index (Phi) is 3.48. The topological polar surface area (TPSA) is 17.8 Å². The molecule has 2 nitrogen and oxygen atoms in total. The maximum absolute atomic E-state index is 6.28. The highest BCUT2D eigenvalue weighted by Gasteiger charge is 2.29. The summed E-state index contributed by atoms with van der Waals surface area (Å²) in [6, 6.07) is 5.85. The smallest absolute Gasteiger partial charge is 0.127 e. The molecule has 4 heteroatoms. The number of alkyl halides is 1. The van der Waals surface area contributed by atoms with Gasteiger partial charge in [-0.1, -0.05) is 18.5 Å². The summed E-state index contributed by atoms with van der Waals surface area (Å²) in [6.07, 6.45) is 2.72. The van der Waals surface area contributed by atoms with Gasteiger partial charge in [0.05, 0.1) is 16.4 Å². The van der Waals surface area contributed by atoms with Crippen molar-refractivity contribution in [2.45, 2.75) is 38.6 Å². The molecule has 19 heavy (non-hydrogen) atoms. The number of benzene rings is 1. The van der Waals surface area contributed by atoms with Crippen LogP contribution in [0.2, 0.25) is 5.02 Å². The van der Waals surface area contributed by atoms with Crippen LogP contribution in [0.1, 0.15) is 37.9 Å². The molecule has 1 heterocycles.